The van der Waals surface area contributed by atoms with Crippen molar-refractivity contribution in [1.29, 1.82) is 0 Å². The lowest BCUT2D eigenvalue weighted by Crippen LogP contribution is -2.20. The SMILES string of the molecule is COC(=O)C(C)SCC(=O)Nc1ccc(Cl)cc1. The van der Waals surface area contributed by atoms with Gasteiger partial charge in [0.2, 0.25) is 5.91 Å². The molecule has 0 radical (unpaired) electrons. The molecule has 6 heteroatoms. The van der Waals surface area contributed by atoms with E-state index in [0.717, 1.165) is 0 Å². The first-order valence-electron chi connectivity index (χ1n) is 5.27. The molecule has 0 aromatic heterocycles. The molecule has 1 amide bonds. The van der Waals surface area contributed by atoms with Gasteiger partial charge in [-0.05, 0) is 31.2 Å². The second-order valence-electron chi connectivity index (χ2n) is 3.53. The first-order chi connectivity index (χ1) is 8.52. The van der Waals surface area contributed by atoms with Crippen LogP contribution in [0.15, 0.2) is 24.3 Å². The van der Waals surface area contributed by atoms with Gasteiger partial charge in [-0.25, -0.2) is 0 Å². The number of hydrogen-bond donors (Lipinski definition) is 1. The summed E-state index contributed by atoms with van der Waals surface area (Å²) >= 11 is 6.96. The minimum absolute atomic E-state index is 0.168. The predicted molar refractivity (Wildman–Crippen MR) is 74.0 cm³/mol. The summed E-state index contributed by atoms with van der Waals surface area (Å²) in [6.07, 6.45) is 0. The fourth-order valence-corrected chi connectivity index (χ4v) is 2.00. The van der Waals surface area contributed by atoms with Gasteiger partial charge in [-0.1, -0.05) is 11.6 Å². The van der Waals surface area contributed by atoms with E-state index in [9.17, 15) is 9.59 Å². The number of amides is 1. The fourth-order valence-electron chi connectivity index (χ4n) is 1.16. The Morgan fingerprint density at radius 2 is 2.00 bits per heavy atom. The molecule has 1 N–H and O–H groups in total. The van der Waals surface area contributed by atoms with E-state index in [1.54, 1.807) is 31.2 Å². The Morgan fingerprint density at radius 1 is 1.39 bits per heavy atom. The molecule has 1 aromatic rings. The van der Waals surface area contributed by atoms with Gasteiger partial charge in [-0.3, -0.25) is 9.59 Å². The highest BCUT2D eigenvalue weighted by molar-refractivity contribution is 8.01. The van der Waals surface area contributed by atoms with Gasteiger partial charge in [0.15, 0.2) is 0 Å². The number of thioether (sulfide) groups is 1. The maximum Gasteiger partial charge on any atom is 0.318 e. The summed E-state index contributed by atoms with van der Waals surface area (Å²) in [6.45, 7) is 1.70. The first kappa shape index (κ1) is 14.9. The van der Waals surface area contributed by atoms with Crippen molar-refractivity contribution in [2.45, 2.75) is 12.2 Å². The maximum atomic E-state index is 11.6. The monoisotopic (exact) mass is 287 g/mol. The van der Waals surface area contributed by atoms with Crippen molar-refractivity contribution >= 4 is 40.9 Å². The number of methoxy groups -OCH3 is 1. The first-order valence-corrected chi connectivity index (χ1v) is 6.70. The molecular weight excluding hydrogens is 274 g/mol. The number of anilines is 1. The molecule has 0 aliphatic rings. The molecule has 0 spiro atoms. The molecule has 98 valence electrons. The Bertz CT molecular complexity index is 422. The Labute approximate surface area is 115 Å². The average Bonchev–Trinajstić information content (AvgIpc) is 2.37. The van der Waals surface area contributed by atoms with Crippen LogP contribution in [0.25, 0.3) is 0 Å². The van der Waals surface area contributed by atoms with Gasteiger partial charge in [0.1, 0.15) is 5.25 Å². The minimum Gasteiger partial charge on any atom is -0.468 e. The van der Waals surface area contributed by atoms with Crippen molar-refractivity contribution < 1.29 is 14.3 Å². The van der Waals surface area contributed by atoms with E-state index in [2.05, 4.69) is 10.1 Å². The van der Waals surface area contributed by atoms with Crippen LogP contribution >= 0.6 is 23.4 Å². The second kappa shape index (κ2) is 7.28. The van der Waals surface area contributed by atoms with E-state index in [-0.39, 0.29) is 22.9 Å². The lowest BCUT2D eigenvalue weighted by atomic mass is 10.3. The highest BCUT2D eigenvalue weighted by Crippen LogP contribution is 2.15. The maximum absolute atomic E-state index is 11.6. The Morgan fingerprint density at radius 3 is 2.56 bits per heavy atom. The van der Waals surface area contributed by atoms with Crippen molar-refractivity contribution in [2.75, 3.05) is 18.2 Å². The van der Waals surface area contributed by atoms with E-state index in [1.807, 2.05) is 0 Å². The van der Waals surface area contributed by atoms with Gasteiger partial charge >= 0.3 is 5.97 Å². The van der Waals surface area contributed by atoms with Gasteiger partial charge < -0.3 is 10.1 Å². The molecule has 0 aliphatic carbocycles. The highest BCUT2D eigenvalue weighted by atomic mass is 35.5. The second-order valence-corrected chi connectivity index (χ2v) is 5.30. The van der Waals surface area contributed by atoms with Crippen LogP contribution in [0.3, 0.4) is 0 Å². The predicted octanol–water partition coefficient (Wildman–Crippen LogP) is 2.57. The third-order valence-corrected chi connectivity index (χ3v) is 3.50. The van der Waals surface area contributed by atoms with Crippen molar-refractivity contribution in [3.05, 3.63) is 29.3 Å². The molecular formula is C12H14ClNO3S. The fraction of sp³-hybridized carbons (Fsp3) is 0.333. The molecule has 4 nitrogen and oxygen atoms in total. The van der Waals surface area contributed by atoms with Gasteiger partial charge in [-0.15, -0.1) is 11.8 Å². The normalized spacial score (nSPS) is 11.7. The quantitative estimate of drug-likeness (QED) is 0.846. The summed E-state index contributed by atoms with van der Waals surface area (Å²) in [7, 11) is 1.33. The Hall–Kier alpha value is -1.20. The molecule has 0 saturated heterocycles. The third-order valence-electron chi connectivity index (χ3n) is 2.13. The molecule has 18 heavy (non-hydrogen) atoms. The van der Waals surface area contributed by atoms with Gasteiger partial charge in [0, 0.05) is 10.7 Å². The van der Waals surface area contributed by atoms with Crippen LogP contribution in [0.2, 0.25) is 5.02 Å². The number of benzene rings is 1. The molecule has 1 atom stereocenters. The van der Waals surface area contributed by atoms with E-state index < -0.39 is 0 Å². The van der Waals surface area contributed by atoms with E-state index in [0.29, 0.717) is 10.7 Å². The third kappa shape index (κ3) is 4.98. The van der Waals surface area contributed by atoms with Crippen molar-refractivity contribution in [3.8, 4) is 0 Å². The van der Waals surface area contributed by atoms with Crippen molar-refractivity contribution in [2.24, 2.45) is 0 Å². The zero-order valence-electron chi connectivity index (χ0n) is 10.1. The zero-order valence-corrected chi connectivity index (χ0v) is 11.7. The number of carbonyl (C=O) groups excluding carboxylic acids is 2. The molecule has 1 rings (SSSR count). The number of hydrogen-bond acceptors (Lipinski definition) is 4. The van der Waals surface area contributed by atoms with E-state index in [1.165, 1.54) is 18.9 Å². The number of rotatable bonds is 5. The topological polar surface area (TPSA) is 55.4 Å². The number of carbonyl (C=O) groups is 2. The van der Waals surface area contributed by atoms with Crippen LogP contribution < -0.4 is 5.32 Å². The van der Waals surface area contributed by atoms with Crippen LogP contribution in [0.5, 0.6) is 0 Å². The Balaban J connectivity index is 2.38. The largest absolute Gasteiger partial charge is 0.468 e. The highest BCUT2D eigenvalue weighted by Gasteiger charge is 2.15. The molecule has 1 unspecified atom stereocenters. The minimum atomic E-state index is -0.356. The van der Waals surface area contributed by atoms with E-state index in [4.69, 9.17) is 11.6 Å². The van der Waals surface area contributed by atoms with Gasteiger partial charge in [0.05, 0.1) is 12.9 Å². The Kier molecular flexibility index (Phi) is 6.01. The van der Waals surface area contributed by atoms with Crippen LogP contribution in [-0.4, -0.2) is 30.0 Å². The zero-order chi connectivity index (χ0) is 13.5. The number of ether oxygens (including phenoxy) is 1. The summed E-state index contributed by atoms with van der Waals surface area (Å²) in [5.74, 6) is -0.309. The van der Waals surface area contributed by atoms with Crippen LogP contribution in [-0.2, 0) is 14.3 Å². The summed E-state index contributed by atoms with van der Waals surface area (Å²) < 4.78 is 4.57. The molecule has 0 saturated carbocycles. The summed E-state index contributed by atoms with van der Waals surface area (Å²) in [6, 6.07) is 6.83. The van der Waals surface area contributed by atoms with Gasteiger partial charge in [0.25, 0.3) is 0 Å². The lowest BCUT2D eigenvalue weighted by Gasteiger charge is -2.09. The smallest absolute Gasteiger partial charge is 0.318 e. The van der Waals surface area contributed by atoms with Gasteiger partial charge in [-0.2, -0.15) is 0 Å². The molecule has 0 bridgehead atoms. The molecule has 0 fully saturated rings. The molecule has 0 aliphatic heterocycles. The van der Waals surface area contributed by atoms with E-state index >= 15 is 0 Å². The summed E-state index contributed by atoms with van der Waals surface area (Å²) in [4.78, 5) is 22.7. The summed E-state index contributed by atoms with van der Waals surface area (Å²) in [5, 5.41) is 2.97. The molecule has 0 heterocycles. The average molecular weight is 288 g/mol. The van der Waals surface area contributed by atoms with Crippen LogP contribution in [0.4, 0.5) is 5.69 Å². The van der Waals surface area contributed by atoms with Crippen molar-refractivity contribution in [1.82, 2.24) is 0 Å². The van der Waals surface area contributed by atoms with Crippen LogP contribution in [0.1, 0.15) is 6.92 Å². The number of nitrogens with one attached hydrogen (secondary N) is 1. The standard InChI is InChI=1S/C12H14ClNO3S/c1-8(12(16)17-2)18-7-11(15)14-10-5-3-9(13)4-6-10/h3-6,8H,7H2,1-2H3,(H,14,15). The number of halogens is 1. The lowest BCUT2D eigenvalue weighted by molar-refractivity contribution is -0.139. The summed E-state index contributed by atoms with van der Waals surface area (Å²) in [5.41, 5.74) is 0.677. The molecule has 1 aromatic carbocycles. The number of esters is 1. The van der Waals surface area contributed by atoms with Crippen LogP contribution in [0, 0.1) is 0 Å². The van der Waals surface area contributed by atoms with Crippen molar-refractivity contribution in [3.63, 3.8) is 0 Å².